The molecule has 1 aromatic heterocycles. The number of carbonyl (C=O) groups is 2. The maximum absolute atomic E-state index is 12.0. The van der Waals surface area contributed by atoms with Crippen molar-refractivity contribution in [2.24, 2.45) is 11.7 Å². The number of primary amides is 1. The van der Waals surface area contributed by atoms with Crippen LogP contribution in [0.15, 0.2) is 29.8 Å². The van der Waals surface area contributed by atoms with Gasteiger partial charge in [0.15, 0.2) is 0 Å². The summed E-state index contributed by atoms with van der Waals surface area (Å²) in [6.07, 6.45) is 2.86. The summed E-state index contributed by atoms with van der Waals surface area (Å²) >= 11 is 1.57. The number of rotatable bonds is 1. The molecule has 108 valence electrons. The van der Waals surface area contributed by atoms with Crippen molar-refractivity contribution in [1.82, 2.24) is 9.88 Å². The minimum absolute atomic E-state index is 0.306. The van der Waals surface area contributed by atoms with Crippen LogP contribution in [0.5, 0.6) is 0 Å². The Kier molecular flexibility index (Phi) is 3.47. The number of hydrogen-bond acceptors (Lipinski definition) is 4. The van der Waals surface area contributed by atoms with E-state index in [-0.39, 0.29) is 0 Å². The van der Waals surface area contributed by atoms with Gasteiger partial charge in [0.25, 0.3) is 0 Å². The molecule has 1 atom stereocenters. The van der Waals surface area contributed by atoms with Gasteiger partial charge in [-0.25, -0.2) is 4.98 Å². The Morgan fingerprint density at radius 2 is 2.24 bits per heavy atom. The molecule has 21 heavy (non-hydrogen) atoms. The van der Waals surface area contributed by atoms with Gasteiger partial charge in [0.2, 0.25) is 0 Å². The maximum atomic E-state index is 12.0. The van der Waals surface area contributed by atoms with Crippen molar-refractivity contribution in [2.75, 3.05) is 6.54 Å². The largest absolute Gasteiger partial charge is 0.361 e. The Balaban J connectivity index is 2.04. The zero-order valence-corrected chi connectivity index (χ0v) is 12.4. The van der Waals surface area contributed by atoms with Crippen LogP contribution in [0.25, 0.3) is 15.9 Å². The van der Waals surface area contributed by atoms with E-state index in [9.17, 15) is 9.59 Å². The molecule has 2 aromatic rings. The number of benzene rings is 1. The number of amides is 2. The molecule has 2 N–H and O–H groups in total. The molecule has 0 aliphatic carbocycles. The second kappa shape index (κ2) is 5.29. The molecule has 0 fully saturated rings. The predicted molar refractivity (Wildman–Crippen MR) is 82.3 cm³/mol. The minimum atomic E-state index is -0.926. The van der Waals surface area contributed by atoms with E-state index in [2.05, 4.69) is 4.98 Å². The van der Waals surface area contributed by atoms with Crippen molar-refractivity contribution >= 4 is 39.1 Å². The third-order valence-corrected chi connectivity index (χ3v) is 4.39. The van der Waals surface area contributed by atoms with Crippen molar-refractivity contribution in [2.45, 2.75) is 13.3 Å². The summed E-state index contributed by atoms with van der Waals surface area (Å²) in [5.74, 6) is -1.28. The van der Waals surface area contributed by atoms with E-state index in [4.69, 9.17) is 5.73 Å². The molecule has 6 heteroatoms. The number of nitrogens with zero attached hydrogens (tertiary/aromatic N) is 2. The number of fused-ring (bicyclic) bond motifs is 1. The first kappa shape index (κ1) is 13.8. The Morgan fingerprint density at radius 1 is 1.43 bits per heavy atom. The standard InChI is InChI=1S/C15H15N3O2S/c1-9-2-4-12(18(7-9)15(20)14(16)19)10-3-5-13-11(6-10)17-8-21-13/h3-6,8-9H,2,7H2,1H3,(H2,16,19). The smallest absolute Gasteiger partial charge is 0.316 e. The quantitative estimate of drug-likeness (QED) is 0.818. The van der Waals surface area contributed by atoms with Gasteiger partial charge in [-0.1, -0.05) is 19.1 Å². The minimum Gasteiger partial charge on any atom is -0.361 e. The monoisotopic (exact) mass is 301 g/mol. The molecule has 2 heterocycles. The lowest BCUT2D eigenvalue weighted by Crippen LogP contribution is -2.42. The molecule has 0 radical (unpaired) electrons. The number of aromatic nitrogens is 1. The average molecular weight is 301 g/mol. The Bertz CT molecular complexity index is 750. The lowest BCUT2D eigenvalue weighted by Gasteiger charge is -2.31. The van der Waals surface area contributed by atoms with E-state index in [1.165, 1.54) is 4.90 Å². The highest BCUT2D eigenvalue weighted by Crippen LogP contribution is 2.30. The van der Waals surface area contributed by atoms with E-state index in [0.29, 0.717) is 12.5 Å². The first-order valence-electron chi connectivity index (χ1n) is 6.71. The first-order chi connectivity index (χ1) is 10.1. The third kappa shape index (κ3) is 2.54. The lowest BCUT2D eigenvalue weighted by molar-refractivity contribution is -0.142. The van der Waals surface area contributed by atoms with Gasteiger partial charge in [0.1, 0.15) is 0 Å². The Labute approximate surface area is 126 Å². The van der Waals surface area contributed by atoms with Gasteiger partial charge in [-0.2, -0.15) is 0 Å². The first-order valence-corrected chi connectivity index (χ1v) is 7.59. The fourth-order valence-corrected chi connectivity index (χ4v) is 3.18. The molecule has 0 saturated carbocycles. The molecule has 0 spiro atoms. The molecule has 5 nitrogen and oxygen atoms in total. The topological polar surface area (TPSA) is 76.3 Å². The number of nitrogens with two attached hydrogens (primary N) is 1. The number of thiazole rings is 1. The summed E-state index contributed by atoms with van der Waals surface area (Å²) in [6, 6.07) is 5.87. The second-order valence-corrected chi connectivity index (χ2v) is 6.13. The van der Waals surface area contributed by atoms with Crippen LogP contribution in [0.1, 0.15) is 18.9 Å². The van der Waals surface area contributed by atoms with E-state index < -0.39 is 11.8 Å². The highest BCUT2D eigenvalue weighted by molar-refractivity contribution is 7.16. The molecule has 3 rings (SSSR count). The van der Waals surface area contributed by atoms with Gasteiger partial charge in [-0.3, -0.25) is 9.59 Å². The number of carbonyl (C=O) groups excluding carboxylic acids is 2. The number of allylic oxidation sites excluding steroid dienone is 1. The van der Waals surface area contributed by atoms with Crippen molar-refractivity contribution in [1.29, 1.82) is 0 Å². The van der Waals surface area contributed by atoms with Gasteiger partial charge in [0, 0.05) is 17.8 Å². The van der Waals surface area contributed by atoms with E-state index in [0.717, 1.165) is 27.9 Å². The van der Waals surface area contributed by atoms with Crippen LogP contribution in [0.3, 0.4) is 0 Å². The van der Waals surface area contributed by atoms with E-state index in [1.54, 1.807) is 16.8 Å². The normalized spacial score (nSPS) is 18.6. The highest BCUT2D eigenvalue weighted by atomic mass is 32.1. The van der Waals surface area contributed by atoms with Crippen LogP contribution in [0, 0.1) is 5.92 Å². The summed E-state index contributed by atoms with van der Waals surface area (Å²) in [4.78, 5) is 29.1. The van der Waals surface area contributed by atoms with Crippen molar-refractivity contribution in [3.8, 4) is 0 Å². The predicted octanol–water partition coefficient (Wildman–Crippen LogP) is 1.99. The third-order valence-electron chi connectivity index (χ3n) is 3.58. The van der Waals surface area contributed by atoms with Crippen molar-refractivity contribution in [3.05, 3.63) is 35.3 Å². The summed E-state index contributed by atoms with van der Waals surface area (Å²) < 4.78 is 1.09. The van der Waals surface area contributed by atoms with Crippen molar-refractivity contribution in [3.63, 3.8) is 0 Å². The molecule has 1 aliphatic heterocycles. The van der Waals surface area contributed by atoms with Gasteiger partial charge in [-0.05, 0) is 24.5 Å². The molecule has 0 saturated heterocycles. The van der Waals surface area contributed by atoms with Gasteiger partial charge >= 0.3 is 11.8 Å². The van der Waals surface area contributed by atoms with Crippen LogP contribution < -0.4 is 5.73 Å². The molecule has 1 aliphatic rings. The summed E-state index contributed by atoms with van der Waals surface area (Å²) in [6.45, 7) is 2.54. The zero-order valence-electron chi connectivity index (χ0n) is 11.6. The van der Waals surface area contributed by atoms with Gasteiger partial charge in [0.05, 0.1) is 15.7 Å². The number of hydrogen-bond donors (Lipinski definition) is 1. The maximum Gasteiger partial charge on any atom is 0.316 e. The van der Waals surface area contributed by atoms with Crippen LogP contribution >= 0.6 is 11.3 Å². The molecule has 0 bridgehead atoms. The van der Waals surface area contributed by atoms with Crippen LogP contribution in [0.2, 0.25) is 0 Å². The fraction of sp³-hybridized carbons (Fsp3) is 0.267. The Hall–Kier alpha value is -2.21. The van der Waals surface area contributed by atoms with Gasteiger partial charge in [-0.15, -0.1) is 11.3 Å². The van der Waals surface area contributed by atoms with Crippen LogP contribution in [0.4, 0.5) is 0 Å². The second-order valence-electron chi connectivity index (χ2n) is 5.25. The highest BCUT2D eigenvalue weighted by Gasteiger charge is 2.28. The van der Waals surface area contributed by atoms with Gasteiger partial charge < -0.3 is 10.6 Å². The SMILES string of the molecule is CC1CC=C(c2ccc3scnc3c2)N(C(=O)C(N)=O)C1. The molecule has 1 unspecified atom stereocenters. The van der Waals surface area contributed by atoms with Crippen molar-refractivity contribution < 1.29 is 9.59 Å². The lowest BCUT2D eigenvalue weighted by atomic mass is 9.98. The molecule has 1 aromatic carbocycles. The van der Waals surface area contributed by atoms with Crippen LogP contribution in [-0.2, 0) is 9.59 Å². The molecular weight excluding hydrogens is 286 g/mol. The summed E-state index contributed by atoms with van der Waals surface area (Å²) in [5.41, 5.74) is 9.47. The summed E-state index contributed by atoms with van der Waals surface area (Å²) in [5, 5.41) is 0. The van der Waals surface area contributed by atoms with E-state index >= 15 is 0 Å². The molecular formula is C15H15N3O2S. The Morgan fingerprint density at radius 3 is 3.00 bits per heavy atom. The average Bonchev–Trinajstić information content (AvgIpc) is 2.93. The van der Waals surface area contributed by atoms with Crippen LogP contribution in [-0.4, -0.2) is 28.2 Å². The van der Waals surface area contributed by atoms with E-state index in [1.807, 2.05) is 31.2 Å². The zero-order chi connectivity index (χ0) is 15.0. The molecule has 2 amide bonds. The fourth-order valence-electron chi connectivity index (χ4n) is 2.52. The summed E-state index contributed by atoms with van der Waals surface area (Å²) in [7, 11) is 0.